The normalized spacial score (nSPS) is 11.3. The van der Waals surface area contributed by atoms with Crippen LogP contribution in [-0.2, 0) is 24.8 Å². The van der Waals surface area contributed by atoms with Crippen LogP contribution in [0.2, 0.25) is 0 Å². The van der Waals surface area contributed by atoms with Crippen LogP contribution in [0.1, 0.15) is 23.6 Å². The van der Waals surface area contributed by atoms with E-state index in [1.54, 1.807) is 16.7 Å². The van der Waals surface area contributed by atoms with Gasteiger partial charge in [0, 0.05) is 18.1 Å². The first kappa shape index (κ1) is 23.4. The van der Waals surface area contributed by atoms with Crippen molar-refractivity contribution in [2.24, 2.45) is 7.05 Å². The van der Waals surface area contributed by atoms with Crippen LogP contribution in [0.4, 0.5) is 5.69 Å². The van der Waals surface area contributed by atoms with Crippen LogP contribution in [0.25, 0.3) is 27.6 Å². The topological polar surface area (TPSA) is 78.0 Å². The molecule has 0 aliphatic carbocycles. The van der Waals surface area contributed by atoms with Gasteiger partial charge in [0.05, 0.1) is 16.7 Å². The lowest BCUT2D eigenvalue weighted by Crippen LogP contribution is -2.41. The molecule has 1 N–H and O–H groups in total. The Hall–Kier alpha value is -4.39. The van der Waals surface area contributed by atoms with Crippen molar-refractivity contribution in [1.29, 1.82) is 0 Å². The fraction of sp³-hybridized carbons (Fsp3) is 0.207. The molecule has 182 valence electrons. The minimum absolute atomic E-state index is 0.230. The van der Waals surface area contributed by atoms with Gasteiger partial charge < -0.3 is 9.88 Å². The largest absolute Gasteiger partial charge is 0.338 e. The van der Waals surface area contributed by atoms with Gasteiger partial charge in [-0.15, -0.1) is 0 Å². The summed E-state index contributed by atoms with van der Waals surface area (Å²) in [7, 11) is 1.82. The lowest BCUT2D eigenvalue weighted by molar-refractivity contribution is -0.116. The first-order chi connectivity index (χ1) is 17.3. The number of aryl methyl sites for hydroxylation is 4. The lowest BCUT2D eigenvalue weighted by atomic mass is 10.1. The number of aromatic nitrogens is 3. The molecule has 0 spiro atoms. The number of nitrogens with one attached hydrogen (secondary N) is 1. The maximum absolute atomic E-state index is 13.9. The molecule has 0 atom stereocenters. The van der Waals surface area contributed by atoms with Crippen molar-refractivity contribution in [3.63, 3.8) is 0 Å². The summed E-state index contributed by atoms with van der Waals surface area (Å²) in [6, 6.07) is 20.7. The van der Waals surface area contributed by atoms with Gasteiger partial charge in [-0.1, -0.05) is 55.0 Å². The quantitative estimate of drug-likeness (QED) is 0.403. The van der Waals surface area contributed by atoms with Crippen molar-refractivity contribution >= 4 is 33.5 Å². The van der Waals surface area contributed by atoms with Gasteiger partial charge in [-0.3, -0.25) is 14.2 Å². The van der Waals surface area contributed by atoms with Gasteiger partial charge in [-0.25, -0.2) is 9.36 Å². The zero-order valence-electron chi connectivity index (χ0n) is 20.8. The number of nitrogens with zero attached hydrogens (tertiary/aromatic N) is 3. The number of rotatable bonds is 5. The molecule has 2 aromatic heterocycles. The van der Waals surface area contributed by atoms with Crippen LogP contribution in [-0.4, -0.2) is 19.6 Å². The van der Waals surface area contributed by atoms with Crippen molar-refractivity contribution in [2.75, 3.05) is 5.32 Å². The number of para-hydroxylation sites is 2. The summed E-state index contributed by atoms with van der Waals surface area (Å²) < 4.78 is 4.41. The highest BCUT2D eigenvalue weighted by Crippen LogP contribution is 2.27. The van der Waals surface area contributed by atoms with Gasteiger partial charge in [-0.05, 0) is 55.7 Å². The maximum atomic E-state index is 13.9. The van der Waals surface area contributed by atoms with E-state index >= 15 is 0 Å². The highest BCUT2D eigenvalue weighted by atomic mass is 16.2. The minimum atomic E-state index is -0.547. The van der Waals surface area contributed by atoms with E-state index in [1.165, 1.54) is 9.13 Å². The predicted molar refractivity (Wildman–Crippen MR) is 144 cm³/mol. The van der Waals surface area contributed by atoms with Gasteiger partial charge in [0.2, 0.25) is 5.91 Å². The summed E-state index contributed by atoms with van der Waals surface area (Å²) in [5.41, 5.74) is 4.72. The SMILES string of the molecule is CCc1ccccc1NC(=O)Cn1c(=O)n(-c2ccccc2C)c(=O)c2c1c1cc(C)ccc1n2C. The van der Waals surface area contributed by atoms with E-state index in [9.17, 15) is 14.4 Å². The van der Waals surface area contributed by atoms with E-state index < -0.39 is 11.2 Å². The zero-order valence-corrected chi connectivity index (χ0v) is 20.8. The summed E-state index contributed by atoms with van der Waals surface area (Å²) in [6.07, 6.45) is 0.765. The summed E-state index contributed by atoms with van der Waals surface area (Å²) in [4.78, 5) is 41.1. The first-order valence-electron chi connectivity index (χ1n) is 12.0. The van der Waals surface area contributed by atoms with Crippen molar-refractivity contribution in [3.05, 3.63) is 104 Å². The molecule has 7 nitrogen and oxygen atoms in total. The zero-order chi connectivity index (χ0) is 25.6. The van der Waals surface area contributed by atoms with Gasteiger partial charge in [0.25, 0.3) is 5.56 Å². The second-order valence-corrected chi connectivity index (χ2v) is 9.13. The smallest absolute Gasteiger partial charge is 0.336 e. The maximum Gasteiger partial charge on any atom is 0.336 e. The van der Waals surface area contributed by atoms with Crippen LogP contribution < -0.4 is 16.6 Å². The van der Waals surface area contributed by atoms with Crippen molar-refractivity contribution < 1.29 is 4.79 Å². The molecule has 0 unspecified atom stereocenters. The molecule has 0 radical (unpaired) electrons. The molecule has 1 amide bonds. The Morgan fingerprint density at radius 3 is 2.39 bits per heavy atom. The number of hydrogen-bond acceptors (Lipinski definition) is 3. The third kappa shape index (κ3) is 3.73. The Labute approximate surface area is 208 Å². The van der Waals surface area contributed by atoms with E-state index in [0.717, 1.165) is 39.7 Å². The molecular formula is C29H28N4O3. The van der Waals surface area contributed by atoms with Crippen LogP contribution in [0.5, 0.6) is 0 Å². The Kier molecular flexibility index (Phi) is 5.84. The van der Waals surface area contributed by atoms with Crippen LogP contribution in [0.3, 0.4) is 0 Å². The number of anilines is 1. The summed E-state index contributed by atoms with van der Waals surface area (Å²) in [5, 5.41) is 3.72. The Balaban J connectivity index is 1.79. The molecule has 0 saturated heterocycles. The molecular weight excluding hydrogens is 452 g/mol. The van der Waals surface area contributed by atoms with E-state index in [4.69, 9.17) is 0 Å². The minimum Gasteiger partial charge on any atom is -0.338 e. The fourth-order valence-corrected chi connectivity index (χ4v) is 4.92. The molecule has 0 fully saturated rings. The Bertz CT molecular complexity index is 1770. The molecule has 0 aliphatic heterocycles. The van der Waals surface area contributed by atoms with Crippen LogP contribution >= 0.6 is 0 Å². The molecule has 0 bridgehead atoms. The number of carbonyl (C=O) groups is 1. The highest BCUT2D eigenvalue weighted by Gasteiger charge is 2.23. The van der Waals surface area contributed by atoms with Gasteiger partial charge in [0.15, 0.2) is 0 Å². The molecule has 5 aromatic rings. The molecule has 5 rings (SSSR count). The third-order valence-electron chi connectivity index (χ3n) is 6.76. The Morgan fingerprint density at radius 1 is 0.917 bits per heavy atom. The van der Waals surface area contributed by atoms with Gasteiger partial charge >= 0.3 is 5.69 Å². The second kappa shape index (κ2) is 9.00. The number of fused-ring (bicyclic) bond motifs is 3. The molecule has 36 heavy (non-hydrogen) atoms. The average molecular weight is 481 g/mol. The number of carbonyl (C=O) groups excluding carboxylic acids is 1. The molecule has 0 saturated carbocycles. The monoisotopic (exact) mass is 480 g/mol. The number of amides is 1. The van der Waals surface area contributed by atoms with E-state index in [0.29, 0.717) is 16.7 Å². The van der Waals surface area contributed by atoms with Crippen LogP contribution in [0.15, 0.2) is 76.3 Å². The highest BCUT2D eigenvalue weighted by molar-refractivity contribution is 6.06. The van der Waals surface area contributed by atoms with Crippen LogP contribution in [0, 0.1) is 13.8 Å². The van der Waals surface area contributed by atoms with Crippen molar-refractivity contribution in [1.82, 2.24) is 13.7 Å². The molecule has 3 aromatic carbocycles. The summed E-state index contributed by atoms with van der Waals surface area (Å²) in [5.74, 6) is -0.334. The standard InChI is InChI=1S/C29H28N4O3/c1-5-20-11-7-8-12-22(20)30-25(34)17-32-26-21-16-18(2)14-15-24(21)31(4)27(26)28(35)33(29(32)36)23-13-9-6-10-19(23)3/h6-16H,5,17H2,1-4H3,(H,30,34). The number of hydrogen-bond donors (Lipinski definition) is 1. The van der Waals surface area contributed by atoms with Gasteiger partial charge in [0.1, 0.15) is 12.1 Å². The summed E-state index contributed by atoms with van der Waals surface area (Å²) in [6.45, 7) is 5.61. The van der Waals surface area contributed by atoms with Crippen molar-refractivity contribution in [3.8, 4) is 5.69 Å². The molecule has 0 aliphatic rings. The third-order valence-corrected chi connectivity index (χ3v) is 6.76. The molecule has 2 heterocycles. The summed E-state index contributed by atoms with van der Waals surface area (Å²) >= 11 is 0. The average Bonchev–Trinajstić information content (AvgIpc) is 3.15. The van der Waals surface area contributed by atoms with E-state index in [1.807, 2.05) is 82.4 Å². The number of benzene rings is 3. The van der Waals surface area contributed by atoms with Crippen molar-refractivity contribution in [2.45, 2.75) is 33.7 Å². The molecule has 7 heteroatoms. The predicted octanol–water partition coefficient (Wildman–Crippen LogP) is 4.46. The van der Waals surface area contributed by atoms with Gasteiger partial charge in [-0.2, -0.15) is 0 Å². The Morgan fingerprint density at radius 2 is 1.64 bits per heavy atom. The van der Waals surface area contributed by atoms with E-state index in [-0.39, 0.29) is 12.5 Å². The lowest BCUT2D eigenvalue weighted by Gasteiger charge is -2.15. The first-order valence-corrected chi connectivity index (χ1v) is 12.0. The second-order valence-electron chi connectivity index (χ2n) is 9.13. The fourth-order valence-electron chi connectivity index (χ4n) is 4.92. The van der Waals surface area contributed by atoms with E-state index in [2.05, 4.69) is 5.32 Å².